The molecule has 1 amide bonds. The molecule has 0 saturated carbocycles. The van der Waals surface area contributed by atoms with Gasteiger partial charge in [0.25, 0.3) is 10.0 Å². The van der Waals surface area contributed by atoms with Crippen LogP contribution in [0, 0.1) is 5.82 Å². The molecule has 0 spiro atoms. The maximum absolute atomic E-state index is 13.0. The fourth-order valence-electron chi connectivity index (χ4n) is 3.38. The number of amides is 1. The predicted octanol–water partition coefficient (Wildman–Crippen LogP) is 4.39. The lowest BCUT2D eigenvalue weighted by Gasteiger charge is -2.12. The lowest BCUT2D eigenvalue weighted by atomic mass is 10.1. The summed E-state index contributed by atoms with van der Waals surface area (Å²) in [6.45, 7) is 0.947. The van der Waals surface area contributed by atoms with Gasteiger partial charge in [-0.1, -0.05) is 0 Å². The van der Waals surface area contributed by atoms with Gasteiger partial charge in [0.2, 0.25) is 5.91 Å². The number of fused-ring (bicyclic) bond motifs is 1. The molecule has 0 aliphatic carbocycles. The van der Waals surface area contributed by atoms with E-state index in [1.807, 2.05) is 0 Å². The van der Waals surface area contributed by atoms with Crippen molar-refractivity contribution in [2.24, 2.45) is 0 Å². The third kappa shape index (κ3) is 6.36. The largest absolute Gasteiger partial charge is 0.490 e. The first kappa shape index (κ1) is 24.2. The molecule has 3 aromatic rings. The lowest BCUT2D eigenvalue weighted by molar-refractivity contribution is -0.116. The topological polar surface area (TPSA) is 111 Å². The number of ketones is 1. The fourth-order valence-corrected chi connectivity index (χ4v) is 4.45. The van der Waals surface area contributed by atoms with Gasteiger partial charge in [0.15, 0.2) is 17.3 Å². The van der Waals surface area contributed by atoms with Crippen LogP contribution in [0.2, 0.25) is 0 Å². The van der Waals surface area contributed by atoms with E-state index in [-0.39, 0.29) is 29.4 Å². The first-order chi connectivity index (χ1) is 16.8. The summed E-state index contributed by atoms with van der Waals surface area (Å²) >= 11 is 0. The lowest BCUT2D eigenvalue weighted by Crippen LogP contribution is -2.14. The number of carbonyl (C=O) groups excluding carboxylic acids is 2. The van der Waals surface area contributed by atoms with E-state index < -0.39 is 15.8 Å². The zero-order valence-corrected chi connectivity index (χ0v) is 19.4. The number of hydrogen-bond acceptors (Lipinski definition) is 6. The second kappa shape index (κ2) is 10.6. The van der Waals surface area contributed by atoms with Crippen molar-refractivity contribution < 1.29 is 31.9 Å². The number of Topliss-reactive ketones (excluding diaryl/α,β-unsaturated/α-hetero) is 1. The van der Waals surface area contributed by atoms with E-state index in [1.54, 1.807) is 18.2 Å². The highest BCUT2D eigenvalue weighted by molar-refractivity contribution is 7.92. The van der Waals surface area contributed by atoms with Crippen molar-refractivity contribution in [3.05, 3.63) is 78.1 Å². The number of ether oxygens (including phenoxy) is 2. The SMILES string of the molecule is O=C(CCC(=O)c1ccc(F)cc1)Nc1ccc(NS(=O)(=O)c2ccc3c(c2)OCCCO3)cc1. The van der Waals surface area contributed by atoms with E-state index in [9.17, 15) is 22.4 Å². The van der Waals surface area contributed by atoms with Gasteiger partial charge in [-0.25, -0.2) is 12.8 Å². The molecule has 4 rings (SSSR count). The van der Waals surface area contributed by atoms with E-state index in [2.05, 4.69) is 10.0 Å². The molecule has 3 aromatic carbocycles. The van der Waals surface area contributed by atoms with Crippen molar-refractivity contribution in [1.82, 2.24) is 0 Å². The molecule has 8 nitrogen and oxygen atoms in total. The van der Waals surface area contributed by atoms with Gasteiger partial charge < -0.3 is 14.8 Å². The Labute approximate surface area is 202 Å². The van der Waals surface area contributed by atoms with Gasteiger partial charge in [-0.15, -0.1) is 0 Å². The average molecular weight is 499 g/mol. The van der Waals surface area contributed by atoms with Crippen molar-refractivity contribution in [2.75, 3.05) is 23.3 Å². The summed E-state index contributed by atoms with van der Waals surface area (Å²) in [5.74, 6) is -0.199. The minimum atomic E-state index is -3.88. The zero-order valence-electron chi connectivity index (χ0n) is 18.6. The molecule has 0 radical (unpaired) electrons. The highest BCUT2D eigenvalue weighted by Crippen LogP contribution is 2.32. The van der Waals surface area contributed by atoms with Crippen LogP contribution in [0.15, 0.2) is 71.6 Å². The molecule has 0 saturated heterocycles. The van der Waals surface area contributed by atoms with Gasteiger partial charge >= 0.3 is 0 Å². The maximum atomic E-state index is 13.0. The quantitative estimate of drug-likeness (QED) is 0.446. The number of halogens is 1. The Bertz CT molecular complexity index is 1330. The third-order valence-corrected chi connectivity index (χ3v) is 6.57. The highest BCUT2D eigenvalue weighted by atomic mass is 32.2. The van der Waals surface area contributed by atoms with Crippen LogP contribution in [0.5, 0.6) is 11.5 Å². The molecule has 0 fully saturated rings. The van der Waals surface area contributed by atoms with E-state index >= 15 is 0 Å². The Kier molecular flexibility index (Phi) is 7.31. The molecular weight excluding hydrogens is 475 g/mol. The standard InChI is InChI=1S/C25H23FN2O6S/c26-18-4-2-17(3-5-18)22(29)11-13-25(30)27-19-6-8-20(9-7-19)28-35(31,32)21-10-12-23-24(16-21)34-15-1-14-33-23/h2-10,12,16,28H,1,11,13-15H2,(H,27,30). The van der Waals surface area contributed by atoms with Crippen molar-refractivity contribution >= 4 is 33.1 Å². The average Bonchev–Trinajstić information content (AvgIpc) is 3.09. The van der Waals surface area contributed by atoms with E-state index in [0.29, 0.717) is 48.1 Å². The van der Waals surface area contributed by atoms with Crippen molar-refractivity contribution in [1.29, 1.82) is 0 Å². The van der Waals surface area contributed by atoms with E-state index in [1.165, 1.54) is 48.5 Å². The van der Waals surface area contributed by atoms with Crippen LogP contribution < -0.4 is 19.5 Å². The van der Waals surface area contributed by atoms with Crippen LogP contribution in [0.1, 0.15) is 29.6 Å². The molecule has 1 aliphatic heterocycles. The predicted molar refractivity (Wildman–Crippen MR) is 128 cm³/mol. The minimum Gasteiger partial charge on any atom is -0.490 e. The molecule has 0 bridgehead atoms. The molecule has 1 aliphatic rings. The summed E-state index contributed by atoms with van der Waals surface area (Å²) < 4.78 is 52.1. The molecule has 2 N–H and O–H groups in total. The first-order valence-electron chi connectivity index (χ1n) is 10.9. The van der Waals surface area contributed by atoms with Crippen LogP contribution in [-0.2, 0) is 14.8 Å². The Morgan fingerprint density at radius 1 is 0.829 bits per heavy atom. The summed E-state index contributed by atoms with van der Waals surface area (Å²) in [6.07, 6.45) is 0.641. The molecule has 1 heterocycles. The molecular formula is C25H23FN2O6S. The van der Waals surface area contributed by atoms with Gasteiger partial charge in [-0.2, -0.15) is 0 Å². The summed E-state index contributed by atoms with van der Waals surface area (Å²) in [5.41, 5.74) is 1.09. The normalized spacial score (nSPS) is 12.9. The number of nitrogens with one attached hydrogen (secondary N) is 2. The zero-order chi connectivity index (χ0) is 24.8. The number of hydrogen-bond donors (Lipinski definition) is 2. The van der Waals surface area contributed by atoms with Crippen LogP contribution >= 0.6 is 0 Å². The van der Waals surface area contributed by atoms with Crippen LogP contribution in [0.3, 0.4) is 0 Å². The van der Waals surface area contributed by atoms with E-state index in [4.69, 9.17) is 9.47 Å². The van der Waals surface area contributed by atoms with Crippen molar-refractivity contribution in [3.8, 4) is 11.5 Å². The van der Waals surface area contributed by atoms with Crippen molar-refractivity contribution in [3.63, 3.8) is 0 Å². The summed E-state index contributed by atoms with van der Waals surface area (Å²) in [7, 11) is -3.88. The number of anilines is 2. The Morgan fingerprint density at radius 2 is 1.49 bits per heavy atom. The summed E-state index contributed by atoms with van der Waals surface area (Å²) in [5, 5.41) is 2.66. The molecule has 35 heavy (non-hydrogen) atoms. The fraction of sp³-hybridized carbons (Fsp3) is 0.200. The van der Waals surface area contributed by atoms with Crippen LogP contribution in [-0.4, -0.2) is 33.3 Å². The Balaban J connectivity index is 1.33. The molecule has 182 valence electrons. The summed E-state index contributed by atoms with van der Waals surface area (Å²) in [4.78, 5) is 24.3. The second-order valence-electron chi connectivity index (χ2n) is 7.82. The van der Waals surface area contributed by atoms with Gasteiger partial charge in [-0.05, 0) is 60.7 Å². The molecule has 0 unspecified atom stereocenters. The highest BCUT2D eigenvalue weighted by Gasteiger charge is 2.19. The van der Waals surface area contributed by atoms with Crippen LogP contribution in [0.25, 0.3) is 0 Å². The smallest absolute Gasteiger partial charge is 0.262 e. The van der Waals surface area contributed by atoms with Gasteiger partial charge in [0.1, 0.15) is 5.82 Å². The third-order valence-electron chi connectivity index (χ3n) is 5.20. The first-order valence-corrected chi connectivity index (χ1v) is 12.4. The van der Waals surface area contributed by atoms with Gasteiger partial charge in [0, 0.05) is 42.3 Å². The minimum absolute atomic E-state index is 0.0229. The maximum Gasteiger partial charge on any atom is 0.262 e. The van der Waals surface area contributed by atoms with E-state index in [0.717, 1.165) is 0 Å². The molecule has 0 aromatic heterocycles. The van der Waals surface area contributed by atoms with Gasteiger partial charge in [0.05, 0.1) is 18.1 Å². The Hall–Kier alpha value is -3.92. The van der Waals surface area contributed by atoms with Crippen LogP contribution in [0.4, 0.5) is 15.8 Å². The molecule has 0 atom stereocenters. The molecule has 10 heteroatoms. The monoisotopic (exact) mass is 498 g/mol. The number of rotatable bonds is 8. The van der Waals surface area contributed by atoms with Gasteiger partial charge in [-0.3, -0.25) is 14.3 Å². The number of carbonyl (C=O) groups is 2. The summed E-state index contributed by atoms with van der Waals surface area (Å²) in [6, 6.07) is 15.7. The Morgan fingerprint density at radius 3 is 2.20 bits per heavy atom. The number of sulfonamides is 1. The second-order valence-corrected chi connectivity index (χ2v) is 9.50. The van der Waals surface area contributed by atoms with Crippen molar-refractivity contribution in [2.45, 2.75) is 24.2 Å². The number of benzene rings is 3.